The summed E-state index contributed by atoms with van der Waals surface area (Å²) in [5.74, 6) is -0.0795. The number of hydrogen-bond donors (Lipinski definition) is 1. The molecule has 1 fully saturated rings. The Labute approximate surface area is 157 Å². The number of aromatic carboxylic acids is 1. The van der Waals surface area contributed by atoms with Crippen LogP contribution in [0, 0.1) is 11.3 Å². The summed E-state index contributed by atoms with van der Waals surface area (Å²) in [7, 11) is 1.56. The van der Waals surface area contributed by atoms with Gasteiger partial charge in [0, 0.05) is 0 Å². The number of ether oxygens (including phenoxy) is 2. The zero-order valence-corrected chi connectivity index (χ0v) is 15.0. The Balaban J connectivity index is 1.93. The lowest BCUT2D eigenvalue weighted by molar-refractivity contribution is 0.0697. The van der Waals surface area contributed by atoms with Crippen LogP contribution in [-0.4, -0.2) is 29.3 Å². The number of benzene rings is 1. The van der Waals surface area contributed by atoms with Crippen LogP contribution in [0.4, 0.5) is 0 Å². The van der Waals surface area contributed by atoms with E-state index in [4.69, 9.17) is 14.6 Å². The Kier molecular flexibility index (Phi) is 5.72. The topological polar surface area (TPSA) is 92.4 Å². The van der Waals surface area contributed by atoms with E-state index in [9.17, 15) is 10.1 Å². The summed E-state index contributed by atoms with van der Waals surface area (Å²) in [6.07, 6.45) is 6.03. The number of carboxylic acids is 1. The summed E-state index contributed by atoms with van der Waals surface area (Å²) >= 11 is 0. The van der Waals surface area contributed by atoms with Crippen LogP contribution in [0.3, 0.4) is 0 Å². The quantitative estimate of drug-likeness (QED) is 0.773. The fourth-order valence-electron chi connectivity index (χ4n) is 3.07. The number of allylic oxidation sites excluding steroid dienone is 1. The minimum Gasteiger partial charge on any atom is -0.491 e. The zero-order valence-electron chi connectivity index (χ0n) is 15.0. The molecule has 6 nitrogen and oxygen atoms in total. The van der Waals surface area contributed by atoms with E-state index in [1.807, 2.05) is 0 Å². The molecule has 0 atom stereocenters. The van der Waals surface area contributed by atoms with Crippen molar-refractivity contribution in [1.29, 1.82) is 5.26 Å². The van der Waals surface area contributed by atoms with E-state index in [2.05, 4.69) is 11.1 Å². The highest BCUT2D eigenvalue weighted by atomic mass is 16.5. The summed E-state index contributed by atoms with van der Waals surface area (Å²) in [4.78, 5) is 15.6. The minimum atomic E-state index is -1.04. The summed E-state index contributed by atoms with van der Waals surface area (Å²) in [6, 6.07) is 11.9. The molecule has 1 N–H and O–H groups in total. The van der Waals surface area contributed by atoms with Gasteiger partial charge in [0.25, 0.3) is 5.88 Å². The Hall–Kier alpha value is -3.33. The third-order valence-electron chi connectivity index (χ3n) is 4.48. The SMILES string of the molecule is COc1ccc(/C=C(\C#N)c2cccc(C(=O)O)c2)nc1OC1CCCC1. The van der Waals surface area contributed by atoms with Crippen LogP contribution < -0.4 is 9.47 Å². The number of rotatable bonds is 6. The van der Waals surface area contributed by atoms with E-state index in [0.29, 0.717) is 28.5 Å². The summed E-state index contributed by atoms with van der Waals surface area (Å²) in [6.45, 7) is 0. The average molecular weight is 364 g/mol. The minimum absolute atomic E-state index is 0.126. The van der Waals surface area contributed by atoms with Crippen LogP contribution in [0.15, 0.2) is 36.4 Å². The Morgan fingerprint density at radius 2 is 2.00 bits per heavy atom. The van der Waals surface area contributed by atoms with Crippen molar-refractivity contribution in [3.05, 3.63) is 53.2 Å². The van der Waals surface area contributed by atoms with Gasteiger partial charge in [-0.3, -0.25) is 0 Å². The number of hydrogen-bond acceptors (Lipinski definition) is 5. The Morgan fingerprint density at radius 1 is 1.26 bits per heavy atom. The molecule has 3 rings (SSSR count). The smallest absolute Gasteiger partial charge is 0.335 e. The third-order valence-corrected chi connectivity index (χ3v) is 4.48. The number of carbonyl (C=O) groups is 1. The van der Waals surface area contributed by atoms with Crippen molar-refractivity contribution in [2.24, 2.45) is 0 Å². The van der Waals surface area contributed by atoms with Crippen molar-refractivity contribution in [2.45, 2.75) is 31.8 Å². The fraction of sp³-hybridized carbons (Fsp3) is 0.286. The molecule has 0 unspecified atom stereocenters. The highest BCUT2D eigenvalue weighted by Crippen LogP contribution is 2.30. The van der Waals surface area contributed by atoms with Crippen molar-refractivity contribution in [1.82, 2.24) is 4.98 Å². The standard InChI is InChI=1S/C21H20N2O4/c1-26-19-10-9-17(23-20(19)27-18-7-2-3-8-18)12-16(13-22)14-5-4-6-15(11-14)21(24)25/h4-6,9-12,18H,2-3,7-8H2,1H3,(H,24,25)/b16-12+. The largest absolute Gasteiger partial charge is 0.491 e. The molecule has 1 aromatic carbocycles. The third kappa shape index (κ3) is 4.45. The number of nitrogens with zero attached hydrogens (tertiary/aromatic N) is 2. The van der Waals surface area contributed by atoms with Gasteiger partial charge in [-0.05, 0) is 61.6 Å². The normalized spacial score (nSPS) is 14.6. The highest BCUT2D eigenvalue weighted by molar-refractivity contribution is 5.93. The number of aromatic nitrogens is 1. The van der Waals surface area contributed by atoms with Crippen LogP contribution in [0.5, 0.6) is 11.6 Å². The summed E-state index contributed by atoms with van der Waals surface area (Å²) < 4.78 is 11.3. The Morgan fingerprint density at radius 3 is 2.67 bits per heavy atom. The maximum atomic E-state index is 11.2. The van der Waals surface area contributed by atoms with Gasteiger partial charge in [0.05, 0.1) is 30.0 Å². The molecule has 0 bridgehead atoms. The first kappa shape index (κ1) is 18.5. The van der Waals surface area contributed by atoms with Crippen molar-refractivity contribution < 1.29 is 19.4 Å². The molecule has 0 radical (unpaired) electrons. The van der Waals surface area contributed by atoms with Gasteiger partial charge in [-0.15, -0.1) is 0 Å². The van der Waals surface area contributed by atoms with E-state index in [1.165, 1.54) is 12.1 Å². The van der Waals surface area contributed by atoms with E-state index in [-0.39, 0.29) is 11.7 Å². The first-order valence-electron chi connectivity index (χ1n) is 8.78. The highest BCUT2D eigenvalue weighted by Gasteiger charge is 2.19. The summed E-state index contributed by atoms with van der Waals surface area (Å²) in [5, 5.41) is 18.7. The number of carboxylic acid groups (broad SMARTS) is 1. The monoisotopic (exact) mass is 364 g/mol. The van der Waals surface area contributed by atoms with Crippen molar-refractivity contribution in [2.75, 3.05) is 7.11 Å². The van der Waals surface area contributed by atoms with Gasteiger partial charge in [0.1, 0.15) is 6.10 Å². The van der Waals surface area contributed by atoms with Gasteiger partial charge in [-0.1, -0.05) is 12.1 Å². The van der Waals surface area contributed by atoms with Crippen LogP contribution >= 0.6 is 0 Å². The lowest BCUT2D eigenvalue weighted by atomic mass is 10.0. The maximum Gasteiger partial charge on any atom is 0.335 e. The molecule has 0 amide bonds. The predicted octanol–water partition coefficient (Wildman–Crippen LogP) is 4.17. The molecule has 1 aliphatic carbocycles. The second kappa shape index (κ2) is 8.37. The average Bonchev–Trinajstić information content (AvgIpc) is 3.19. The van der Waals surface area contributed by atoms with Crippen LogP contribution in [0.1, 0.15) is 47.3 Å². The first-order chi connectivity index (χ1) is 13.1. The van der Waals surface area contributed by atoms with Gasteiger partial charge in [-0.25, -0.2) is 9.78 Å². The molecule has 138 valence electrons. The fourth-order valence-corrected chi connectivity index (χ4v) is 3.07. The van der Waals surface area contributed by atoms with Gasteiger partial charge < -0.3 is 14.6 Å². The van der Waals surface area contributed by atoms with Crippen molar-refractivity contribution in [3.63, 3.8) is 0 Å². The van der Waals surface area contributed by atoms with E-state index in [1.54, 1.807) is 37.5 Å². The molecule has 6 heteroatoms. The van der Waals surface area contributed by atoms with E-state index >= 15 is 0 Å². The molecule has 1 saturated carbocycles. The van der Waals surface area contributed by atoms with Gasteiger partial charge in [0.2, 0.25) is 0 Å². The zero-order chi connectivity index (χ0) is 19.2. The van der Waals surface area contributed by atoms with Crippen LogP contribution in [0.2, 0.25) is 0 Å². The number of nitriles is 1. The van der Waals surface area contributed by atoms with Gasteiger partial charge in [-0.2, -0.15) is 5.26 Å². The van der Waals surface area contributed by atoms with Gasteiger partial charge in [0.15, 0.2) is 5.75 Å². The summed E-state index contributed by atoms with van der Waals surface area (Å²) in [5.41, 5.74) is 1.51. The first-order valence-corrected chi connectivity index (χ1v) is 8.78. The lowest BCUT2D eigenvalue weighted by Gasteiger charge is -2.15. The van der Waals surface area contributed by atoms with Crippen LogP contribution in [-0.2, 0) is 0 Å². The number of pyridine rings is 1. The van der Waals surface area contributed by atoms with Crippen molar-refractivity contribution >= 4 is 17.6 Å². The lowest BCUT2D eigenvalue weighted by Crippen LogP contribution is -2.12. The second-order valence-electron chi connectivity index (χ2n) is 6.32. The molecular formula is C21H20N2O4. The molecule has 1 heterocycles. The van der Waals surface area contributed by atoms with Crippen molar-refractivity contribution in [3.8, 4) is 17.7 Å². The number of methoxy groups -OCH3 is 1. The van der Waals surface area contributed by atoms with E-state index in [0.717, 1.165) is 25.7 Å². The molecule has 0 spiro atoms. The molecule has 0 aliphatic heterocycles. The maximum absolute atomic E-state index is 11.2. The van der Waals surface area contributed by atoms with Gasteiger partial charge >= 0.3 is 5.97 Å². The second-order valence-corrected chi connectivity index (χ2v) is 6.32. The predicted molar refractivity (Wildman–Crippen MR) is 101 cm³/mol. The molecular weight excluding hydrogens is 344 g/mol. The van der Waals surface area contributed by atoms with E-state index < -0.39 is 5.97 Å². The molecule has 27 heavy (non-hydrogen) atoms. The molecule has 2 aromatic rings. The molecule has 1 aromatic heterocycles. The molecule has 0 saturated heterocycles. The molecule has 1 aliphatic rings. The Bertz CT molecular complexity index is 909. The van der Waals surface area contributed by atoms with Crippen LogP contribution in [0.25, 0.3) is 11.6 Å².